The average molecular weight is 1230 g/mol. The molecule has 0 radical (unpaired) electrons. The average Bonchev–Trinajstić information content (AvgIpc) is 4.21. The number of nitrogens with one attached hydrogen (secondary N) is 1. The fourth-order valence-electron chi connectivity index (χ4n) is 9.78. The molecule has 3 aromatic heterocycles. The summed E-state index contributed by atoms with van der Waals surface area (Å²) in [6, 6.07) is 64.9. The molecule has 0 spiro atoms. The second-order valence-corrected chi connectivity index (χ2v) is 32.7. The van der Waals surface area contributed by atoms with Crippen LogP contribution in [0.15, 0.2) is 220 Å². The fourth-order valence-corrected chi connectivity index (χ4v) is 25.8. The Hall–Kier alpha value is -4.79. The van der Waals surface area contributed by atoms with Crippen molar-refractivity contribution in [1.82, 2.24) is 29.1 Å². The molecule has 9 heteroatoms. The molecule has 68 heavy (non-hydrogen) atoms. The summed E-state index contributed by atoms with van der Waals surface area (Å²) in [5.41, 5.74) is 6.52. The van der Waals surface area contributed by atoms with Gasteiger partial charge in [0.1, 0.15) is 9.24 Å². The van der Waals surface area contributed by atoms with Gasteiger partial charge in [0.15, 0.2) is 0 Å². The molecule has 9 aromatic rings. The number of imidazole rings is 3. The molecule has 6 aromatic carbocycles. The number of benzene rings is 6. The van der Waals surface area contributed by atoms with Crippen LogP contribution in [-0.4, -0.2) is 47.4 Å². The van der Waals surface area contributed by atoms with Gasteiger partial charge in [-0.25, -0.2) is 9.97 Å². The molecule has 0 fully saturated rings. The number of aromatic nitrogens is 6. The molecule has 0 saturated heterocycles. The number of rotatable bonds is 18. The van der Waals surface area contributed by atoms with Crippen molar-refractivity contribution in [2.45, 2.75) is 83.7 Å². The van der Waals surface area contributed by atoms with Crippen molar-refractivity contribution in [1.29, 1.82) is 0 Å². The summed E-state index contributed by atoms with van der Waals surface area (Å²) in [6.07, 6.45) is 20.0. The van der Waals surface area contributed by atoms with E-state index in [9.17, 15) is 0 Å². The van der Waals surface area contributed by atoms with Gasteiger partial charge in [-0.15, -0.1) is 0 Å². The smallest absolute Gasteiger partial charge is 0.121 e. The largest absolute Gasteiger partial charge is 0.340 e. The predicted molar refractivity (Wildman–Crippen MR) is 302 cm³/mol. The van der Waals surface area contributed by atoms with Gasteiger partial charge in [0, 0.05) is 6.20 Å². The maximum atomic E-state index is 5.35. The van der Waals surface area contributed by atoms with Gasteiger partial charge in [-0.3, -0.25) is 0 Å². The number of aromatic amines is 1. The van der Waals surface area contributed by atoms with Gasteiger partial charge in [-0.05, 0) is 61.9 Å². The Kier molecular flexibility index (Phi) is 19.3. The quantitative estimate of drug-likeness (QED) is 0.0529. The first-order valence-electron chi connectivity index (χ1n) is 24.1. The minimum atomic E-state index is -2.68. The number of H-pyrrole nitrogens is 1. The second kappa shape index (κ2) is 25.7. The van der Waals surface area contributed by atoms with Crippen molar-refractivity contribution in [3.63, 3.8) is 0 Å². The first-order chi connectivity index (χ1) is 33.4. The molecule has 0 aliphatic rings. The molecule has 0 saturated carbocycles. The molecule has 1 N–H and O–H groups in total. The van der Waals surface area contributed by atoms with E-state index in [1.54, 1.807) is 12.5 Å². The summed E-state index contributed by atoms with van der Waals surface area (Å²) in [5.74, 6) is 0. The molecule has 0 atom stereocenters. The van der Waals surface area contributed by atoms with E-state index in [0.29, 0.717) is 0 Å². The van der Waals surface area contributed by atoms with Crippen molar-refractivity contribution >= 4 is 67.3 Å². The molecule has 0 amide bonds. The molecular formula is C59H64I2N6Sn. The number of unbranched alkanes of at least 4 members (excludes halogenated alkanes) is 3. The van der Waals surface area contributed by atoms with Crippen molar-refractivity contribution in [2.24, 2.45) is 0 Å². The van der Waals surface area contributed by atoms with Gasteiger partial charge in [-0.2, -0.15) is 0 Å². The van der Waals surface area contributed by atoms with E-state index >= 15 is 0 Å². The van der Waals surface area contributed by atoms with Crippen LogP contribution in [0.1, 0.15) is 92.7 Å². The Bertz CT molecular complexity index is 2550. The van der Waals surface area contributed by atoms with Gasteiger partial charge < -0.3 is 9.55 Å². The number of halogens is 2. The minimum absolute atomic E-state index is 0.458. The third kappa shape index (κ3) is 11.8. The third-order valence-electron chi connectivity index (χ3n) is 13.1. The van der Waals surface area contributed by atoms with Crippen LogP contribution in [0.5, 0.6) is 0 Å². The summed E-state index contributed by atoms with van der Waals surface area (Å²) in [5, 5.41) is 0. The van der Waals surface area contributed by atoms with Crippen molar-refractivity contribution in [3.05, 3.63) is 260 Å². The second-order valence-electron chi connectivity index (χ2n) is 17.4. The van der Waals surface area contributed by atoms with E-state index in [2.05, 4.69) is 291 Å². The van der Waals surface area contributed by atoms with Crippen LogP contribution in [0, 0.1) is 7.40 Å². The van der Waals surface area contributed by atoms with Gasteiger partial charge in [0.05, 0.1) is 22.6 Å². The third-order valence-corrected chi connectivity index (χ3v) is 29.3. The summed E-state index contributed by atoms with van der Waals surface area (Å²) < 4.78 is 12.5. The zero-order chi connectivity index (χ0) is 47.5. The van der Waals surface area contributed by atoms with Gasteiger partial charge >= 0.3 is 230 Å². The zero-order valence-electron chi connectivity index (χ0n) is 39.6. The van der Waals surface area contributed by atoms with E-state index in [-0.39, 0.29) is 0 Å². The molecule has 0 bridgehead atoms. The summed E-state index contributed by atoms with van der Waals surface area (Å²) in [6.45, 7) is 7.04. The molecule has 348 valence electrons. The molecule has 9 rings (SSSR count). The van der Waals surface area contributed by atoms with Crippen LogP contribution in [0.3, 0.4) is 0 Å². The van der Waals surface area contributed by atoms with Gasteiger partial charge in [0.25, 0.3) is 0 Å². The Morgan fingerprint density at radius 3 is 1.03 bits per heavy atom. The van der Waals surface area contributed by atoms with Crippen LogP contribution in [-0.2, 0) is 11.1 Å². The summed E-state index contributed by atoms with van der Waals surface area (Å²) in [7, 11) is 0. The van der Waals surface area contributed by atoms with E-state index < -0.39 is 29.5 Å². The zero-order valence-corrected chi connectivity index (χ0v) is 46.8. The molecular weight excluding hydrogens is 1170 g/mol. The molecule has 0 unspecified atom stereocenters. The maximum Gasteiger partial charge on any atom is 0.121 e. The van der Waals surface area contributed by atoms with Crippen LogP contribution < -0.4 is 3.71 Å². The predicted octanol–water partition coefficient (Wildman–Crippen LogP) is 15.1. The van der Waals surface area contributed by atoms with E-state index in [1.807, 2.05) is 6.33 Å². The Morgan fingerprint density at radius 1 is 0.456 bits per heavy atom. The molecule has 0 aliphatic heterocycles. The monoisotopic (exact) mass is 1230 g/mol. The first-order valence-corrected chi connectivity index (χ1v) is 33.8. The maximum absolute atomic E-state index is 5.35. The minimum Gasteiger partial charge on any atom is -0.340 e. The van der Waals surface area contributed by atoms with Crippen LogP contribution >= 0.6 is 45.2 Å². The number of hydrogen-bond acceptors (Lipinski definition) is 3. The van der Waals surface area contributed by atoms with Crippen LogP contribution in [0.2, 0.25) is 13.3 Å². The SMILES string of the molecule is CCC[CH2][Sn]([CH2]CCC)([CH2]CCC)[c]1cn(C(c2ccccc2)(c2ccccc2)c2ccccc2)cn1.Ic1cn(C(c2ccccc2)(c2ccccc2)c2ccccc2)cn1.Ic1cnc[nH]1. The standard InChI is InChI=1S/C22H17IN2.C22H17N2.3C4H9.C3H3IN2.Sn/c23-21-16-25(17-24-21)22(18-10-4-1-5-11-18,19-12-6-2-7-13-19)20-14-8-3-9-15-20;1-4-10-19(11-5-1)22(24-17-16-23-18-24,20-12-6-2-7-13-20)21-14-8-3-9-15-21;3*1-3-4-2;4-3-1-5-2-6-3;/h1-17H;1-15,17-18H;3*1,3-4H2,2H3;1-2H,(H,5,6);. The van der Waals surface area contributed by atoms with Crippen molar-refractivity contribution in [2.75, 3.05) is 0 Å². The van der Waals surface area contributed by atoms with E-state index in [1.165, 1.54) is 88.9 Å². The first kappa shape index (κ1) is 51.1. The summed E-state index contributed by atoms with van der Waals surface area (Å²) in [4.78, 5) is 16.5. The van der Waals surface area contributed by atoms with Gasteiger partial charge in [-0.1, -0.05) is 91.0 Å². The van der Waals surface area contributed by atoms with E-state index in [4.69, 9.17) is 4.98 Å². The fraction of sp³-hybridized carbons (Fsp3) is 0.237. The van der Waals surface area contributed by atoms with Crippen LogP contribution in [0.25, 0.3) is 0 Å². The molecule has 6 nitrogen and oxygen atoms in total. The van der Waals surface area contributed by atoms with Crippen molar-refractivity contribution in [3.8, 4) is 0 Å². The normalized spacial score (nSPS) is 11.5. The van der Waals surface area contributed by atoms with Crippen LogP contribution in [0.4, 0.5) is 0 Å². The van der Waals surface area contributed by atoms with Crippen molar-refractivity contribution < 1.29 is 0 Å². The Balaban J connectivity index is 0.000000189. The van der Waals surface area contributed by atoms with E-state index in [0.717, 1.165) is 7.40 Å². The Morgan fingerprint density at radius 2 is 0.779 bits per heavy atom. The number of hydrogen-bond donors (Lipinski definition) is 1. The topological polar surface area (TPSA) is 64.3 Å². The molecule has 0 aliphatic carbocycles. The van der Waals surface area contributed by atoms with Gasteiger partial charge in [0.2, 0.25) is 0 Å². The number of nitrogens with zero attached hydrogens (tertiary/aromatic N) is 5. The summed E-state index contributed by atoms with van der Waals surface area (Å²) >= 11 is 1.74. The molecule has 3 heterocycles. The Labute approximate surface area is 436 Å².